The molecule has 4 nitrogen and oxygen atoms in total. The van der Waals surface area contributed by atoms with Gasteiger partial charge in [0.2, 0.25) is 5.91 Å². The van der Waals surface area contributed by atoms with Gasteiger partial charge in [-0.15, -0.1) is 0 Å². The number of nitrogens with two attached hydrogens (primary N) is 1. The van der Waals surface area contributed by atoms with Gasteiger partial charge in [-0.1, -0.05) is 35.8 Å². The van der Waals surface area contributed by atoms with E-state index in [4.69, 9.17) is 5.73 Å². The number of carbonyl (C=O) groups excluding carboxylic acids is 1. The van der Waals surface area contributed by atoms with Crippen molar-refractivity contribution in [2.24, 2.45) is 5.73 Å². The van der Waals surface area contributed by atoms with Gasteiger partial charge in [0.15, 0.2) is 7.28 Å². The zero-order chi connectivity index (χ0) is 8.10. The molecule has 1 amide bonds. The van der Waals surface area contributed by atoms with Crippen LogP contribution in [0.2, 0.25) is 6.32 Å². The van der Waals surface area contributed by atoms with Crippen LogP contribution in [0.1, 0.15) is 0 Å². The molecule has 72 valence electrons. The lowest BCUT2D eigenvalue weighted by Gasteiger charge is -1.94. The molecule has 0 atom stereocenters. The lowest BCUT2D eigenvalue weighted by molar-refractivity contribution is -0.115. The standard InChI is InChI=1S/C8H10BNO.2H2O/c10-8(11)6-9-7-4-2-1-3-5-7;;/h1-5,9H,6H2,(H2,10,11);2*1H2. The Hall–Kier alpha value is -1.33. The number of hydrogen-bond acceptors (Lipinski definition) is 1. The number of hydrogen-bond donors (Lipinski definition) is 1. The maximum atomic E-state index is 10.4. The molecule has 0 unspecified atom stereocenters. The Bertz CT molecular complexity index is 240. The summed E-state index contributed by atoms with van der Waals surface area (Å²) >= 11 is 0. The topological polar surface area (TPSA) is 106 Å². The molecule has 13 heavy (non-hydrogen) atoms. The van der Waals surface area contributed by atoms with Crippen LogP contribution < -0.4 is 11.2 Å². The third-order valence-corrected chi connectivity index (χ3v) is 1.50. The van der Waals surface area contributed by atoms with Gasteiger partial charge in [-0.25, -0.2) is 0 Å². The molecular formula is C8H14BNO3. The lowest BCUT2D eigenvalue weighted by Crippen LogP contribution is -2.20. The smallest absolute Gasteiger partial charge is 0.210 e. The molecule has 0 heterocycles. The Balaban J connectivity index is 0. The highest BCUT2D eigenvalue weighted by atomic mass is 16.1. The van der Waals surface area contributed by atoms with Crippen LogP contribution >= 0.6 is 0 Å². The molecule has 0 saturated carbocycles. The van der Waals surface area contributed by atoms with E-state index in [9.17, 15) is 4.79 Å². The van der Waals surface area contributed by atoms with Gasteiger partial charge < -0.3 is 16.7 Å². The SMILES string of the molecule is NC(=O)CBc1ccccc1.O.O. The summed E-state index contributed by atoms with van der Waals surface area (Å²) in [7, 11) is 0.746. The van der Waals surface area contributed by atoms with Crippen LogP contribution in [-0.2, 0) is 4.79 Å². The summed E-state index contributed by atoms with van der Waals surface area (Å²) in [5, 5.41) is 0. The van der Waals surface area contributed by atoms with Crippen molar-refractivity contribution in [3.63, 3.8) is 0 Å². The van der Waals surface area contributed by atoms with Gasteiger partial charge in [-0.3, -0.25) is 4.79 Å². The van der Waals surface area contributed by atoms with E-state index in [0.717, 1.165) is 12.7 Å². The van der Waals surface area contributed by atoms with E-state index in [1.807, 2.05) is 30.3 Å². The molecule has 0 aliphatic heterocycles. The number of primary amides is 1. The first-order chi connectivity index (χ1) is 5.29. The van der Waals surface area contributed by atoms with Crippen LogP contribution in [0.25, 0.3) is 0 Å². The highest BCUT2D eigenvalue weighted by Crippen LogP contribution is 1.83. The predicted octanol–water partition coefficient (Wildman–Crippen LogP) is -2.00. The van der Waals surface area contributed by atoms with Gasteiger partial charge >= 0.3 is 0 Å². The molecule has 0 aliphatic carbocycles. The van der Waals surface area contributed by atoms with E-state index >= 15 is 0 Å². The van der Waals surface area contributed by atoms with Crippen LogP contribution in [0.3, 0.4) is 0 Å². The quantitative estimate of drug-likeness (QED) is 0.537. The van der Waals surface area contributed by atoms with Crippen LogP contribution in [0.5, 0.6) is 0 Å². The van der Waals surface area contributed by atoms with E-state index < -0.39 is 0 Å². The van der Waals surface area contributed by atoms with Crippen LogP contribution in [0.15, 0.2) is 30.3 Å². The molecule has 0 bridgehead atoms. The summed E-state index contributed by atoms with van der Waals surface area (Å²) in [6.07, 6.45) is 0.435. The summed E-state index contributed by atoms with van der Waals surface area (Å²) in [5.41, 5.74) is 6.16. The predicted molar refractivity (Wildman–Crippen MR) is 54.5 cm³/mol. The molecule has 0 spiro atoms. The highest BCUT2D eigenvalue weighted by molar-refractivity contribution is 6.56. The minimum Gasteiger partial charge on any atom is -0.412 e. The van der Waals surface area contributed by atoms with Gasteiger partial charge in [0.1, 0.15) is 0 Å². The second-order valence-corrected chi connectivity index (χ2v) is 2.45. The third kappa shape index (κ3) is 5.89. The average Bonchev–Trinajstić information content (AvgIpc) is 2.03. The Morgan fingerprint density at radius 2 is 1.77 bits per heavy atom. The summed E-state index contributed by atoms with van der Waals surface area (Å²) in [5.74, 6) is -0.242. The number of rotatable bonds is 3. The minimum atomic E-state index is -0.242. The summed E-state index contributed by atoms with van der Waals surface area (Å²) in [4.78, 5) is 10.4. The third-order valence-electron chi connectivity index (χ3n) is 1.50. The van der Waals surface area contributed by atoms with Crippen LogP contribution in [-0.4, -0.2) is 24.1 Å². The van der Waals surface area contributed by atoms with Crippen molar-refractivity contribution in [1.29, 1.82) is 0 Å². The van der Waals surface area contributed by atoms with Gasteiger partial charge in [0.05, 0.1) is 0 Å². The fourth-order valence-electron chi connectivity index (χ4n) is 0.912. The first kappa shape index (κ1) is 14.2. The highest BCUT2D eigenvalue weighted by Gasteiger charge is 1.97. The first-order valence-electron chi connectivity index (χ1n) is 3.61. The zero-order valence-corrected chi connectivity index (χ0v) is 7.29. The van der Waals surface area contributed by atoms with Crippen LogP contribution in [0, 0.1) is 0 Å². The molecule has 1 aromatic carbocycles. The largest absolute Gasteiger partial charge is 0.412 e. The van der Waals surface area contributed by atoms with Crippen molar-refractivity contribution in [3.05, 3.63) is 30.3 Å². The Morgan fingerprint density at radius 1 is 1.23 bits per heavy atom. The zero-order valence-electron chi connectivity index (χ0n) is 7.29. The Labute approximate surface area is 77.6 Å². The lowest BCUT2D eigenvalue weighted by atomic mass is 9.67. The average molecular weight is 183 g/mol. The number of benzene rings is 1. The van der Waals surface area contributed by atoms with E-state index in [1.165, 1.54) is 0 Å². The maximum Gasteiger partial charge on any atom is 0.210 e. The molecule has 0 aliphatic rings. The maximum absolute atomic E-state index is 10.4. The normalized spacial score (nSPS) is 7.69. The van der Waals surface area contributed by atoms with Gasteiger partial charge in [-0.2, -0.15) is 0 Å². The van der Waals surface area contributed by atoms with Gasteiger partial charge in [-0.05, 0) is 0 Å². The van der Waals surface area contributed by atoms with Crippen molar-refractivity contribution in [2.75, 3.05) is 0 Å². The van der Waals surface area contributed by atoms with E-state index in [0.29, 0.717) is 6.32 Å². The van der Waals surface area contributed by atoms with Crippen molar-refractivity contribution in [1.82, 2.24) is 0 Å². The van der Waals surface area contributed by atoms with E-state index in [-0.39, 0.29) is 16.9 Å². The molecule has 1 aromatic rings. The molecule has 0 saturated heterocycles. The molecule has 5 heteroatoms. The Morgan fingerprint density at radius 3 is 2.23 bits per heavy atom. The fourth-order valence-corrected chi connectivity index (χ4v) is 0.912. The van der Waals surface area contributed by atoms with Gasteiger partial charge in [0, 0.05) is 6.32 Å². The fraction of sp³-hybridized carbons (Fsp3) is 0.125. The summed E-state index contributed by atoms with van der Waals surface area (Å²) in [6, 6.07) is 9.84. The van der Waals surface area contributed by atoms with Crippen molar-refractivity contribution >= 4 is 18.6 Å². The molecule has 6 N–H and O–H groups in total. The summed E-state index contributed by atoms with van der Waals surface area (Å²) < 4.78 is 0. The molecule has 1 rings (SSSR count). The van der Waals surface area contributed by atoms with Gasteiger partial charge in [0.25, 0.3) is 0 Å². The van der Waals surface area contributed by atoms with Crippen molar-refractivity contribution in [2.45, 2.75) is 6.32 Å². The van der Waals surface area contributed by atoms with Crippen LogP contribution in [0.4, 0.5) is 0 Å². The van der Waals surface area contributed by atoms with E-state index in [2.05, 4.69) is 0 Å². The molecule has 0 radical (unpaired) electrons. The monoisotopic (exact) mass is 183 g/mol. The second kappa shape index (κ2) is 7.33. The summed E-state index contributed by atoms with van der Waals surface area (Å²) in [6.45, 7) is 0. The number of carbonyl (C=O) groups is 1. The molecule has 0 fully saturated rings. The second-order valence-electron chi connectivity index (χ2n) is 2.45. The van der Waals surface area contributed by atoms with Crippen molar-refractivity contribution < 1.29 is 15.7 Å². The Kier molecular flexibility index (Phi) is 8.01. The molecule has 0 aromatic heterocycles. The minimum absolute atomic E-state index is 0. The van der Waals surface area contributed by atoms with Crippen molar-refractivity contribution in [3.8, 4) is 0 Å². The first-order valence-corrected chi connectivity index (χ1v) is 3.61. The number of amides is 1. The van der Waals surface area contributed by atoms with E-state index in [1.54, 1.807) is 0 Å². The molecular weight excluding hydrogens is 169 g/mol.